The first kappa shape index (κ1) is 11.5. The van der Waals surface area contributed by atoms with Gasteiger partial charge < -0.3 is 0 Å². The number of hydrogen-bond acceptors (Lipinski definition) is 3. The van der Waals surface area contributed by atoms with E-state index in [0.29, 0.717) is 12.0 Å². The highest BCUT2D eigenvalue weighted by Gasteiger charge is 2.41. The molecule has 0 bridgehead atoms. The topological polar surface area (TPSA) is 38.1 Å². The molecule has 1 aliphatic carbocycles. The molecule has 3 heteroatoms. The Hall–Kier alpha value is -2.29. The van der Waals surface area contributed by atoms with Crippen molar-refractivity contribution in [1.82, 2.24) is 9.97 Å². The number of rotatable bonds is 2. The van der Waals surface area contributed by atoms with Gasteiger partial charge in [-0.25, -0.2) is 9.97 Å². The van der Waals surface area contributed by atoms with Gasteiger partial charge in [0.25, 0.3) is 0 Å². The molecule has 3 nitrogen and oxygen atoms in total. The zero-order chi connectivity index (χ0) is 13.5. The van der Waals surface area contributed by atoms with Crippen LogP contribution >= 0.6 is 0 Å². The first-order valence-electron chi connectivity index (χ1n) is 6.96. The summed E-state index contributed by atoms with van der Waals surface area (Å²) in [4.78, 5) is 13.8. The Labute approximate surface area is 118 Å². The summed E-state index contributed by atoms with van der Waals surface area (Å²) in [6, 6.07) is 12.7. The number of hydrogen-bond donors (Lipinski definition) is 0. The Morgan fingerprint density at radius 2 is 1.95 bits per heavy atom. The number of benzene rings is 1. The minimum atomic E-state index is 0.491. The Morgan fingerprint density at radius 3 is 2.80 bits per heavy atom. The van der Waals surface area contributed by atoms with E-state index < -0.39 is 0 Å². The van der Waals surface area contributed by atoms with Crippen molar-refractivity contribution >= 4 is 11.8 Å². The summed E-state index contributed by atoms with van der Waals surface area (Å²) in [6.07, 6.45) is 5.18. The fourth-order valence-electron chi connectivity index (χ4n) is 2.75. The van der Waals surface area contributed by atoms with Gasteiger partial charge >= 0.3 is 0 Å². The van der Waals surface area contributed by atoms with Gasteiger partial charge in [-0.1, -0.05) is 30.3 Å². The zero-order valence-corrected chi connectivity index (χ0v) is 11.3. The molecule has 0 spiro atoms. The molecule has 0 amide bonds. The first-order chi connectivity index (χ1) is 9.81. The lowest BCUT2D eigenvalue weighted by atomic mass is 10.0. The largest absolute Gasteiger partial charge is 0.289 e. The number of aliphatic imine (C=N–C) groups is 1. The van der Waals surface area contributed by atoms with E-state index in [-0.39, 0.29) is 0 Å². The molecular formula is C17H15N3. The van der Waals surface area contributed by atoms with Gasteiger partial charge in [0.15, 0.2) is 5.82 Å². The van der Waals surface area contributed by atoms with Crippen LogP contribution in [0.25, 0.3) is 17.0 Å². The minimum absolute atomic E-state index is 0.491. The van der Waals surface area contributed by atoms with Crippen LogP contribution in [0.5, 0.6) is 0 Å². The van der Waals surface area contributed by atoms with Crippen LogP contribution in [-0.2, 0) is 0 Å². The minimum Gasteiger partial charge on any atom is -0.289 e. The van der Waals surface area contributed by atoms with Crippen molar-refractivity contribution in [2.75, 3.05) is 0 Å². The maximum atomic E-state index is 4.76. The molecule has 2 aliphatic rings. The van der Waals surface area contributed by atoms with Crippen molar-refractivity contribution in [3.8, 4) is 11.4 Å². The molecule has 1 fully saturated rings. The van der Waals surface area contributed by atoms with Crippen LogP contribution in [0, 0.1) is 12.8 Å². The van der Waals surface area contributed by atoms with Gasteiger partial charge in [0.2, 0.25) is 0 Å². The fourth-order valence-corrected chi connectivity index (χ4v) is 2.75. The average Bonchev–Trinajstić information content (AvgIpc) is 3.27. The summed E-state index contributed by atoms with van der Waals surface area (Å²) in [5.74, 6) is 1.37. The van der Waals surface area contributed by atoms with Gasteiger partial charge in [0.05, 0.1) is 11.7 Å². The van der Waals surface area contributed by atoms with Gasteiger partial charge in [-0.3, -0.25) is 4.99 Å². The first-order valence-corrected chi connectivity index (χ1v) is 6.96. The third-order valence-corrected chi connectivity index (χ3v) is 3.87. The predicted octanol–water partition coefficient (Wildman–Crippen LogP) is 3.31. The number of nitrogens with zero attached hydrogens (tertiary/aromatic N) is 3. The van der Waals surface area contributed by atoms with Gasteiger partial charge in [0.1, 0.15) is 0 Å². The third-order valence-electron chi connectivity index (χ3n) is 3.87. The quantitative estimate of drug-likeness (QED) is 0.831. The van der Waals surface area contributed by atoms with Crippen LogP contribution in [0.3, 0.4) is 0 Å². The van der Waals surface area contributed by atoms with E-state index in [1.54, 1.807) is 0 Å². The summed E-state index contributed by atoms with van der Waals surface area (Å²) in [5, 5.41) is 0. The van der Waals surface area contributed by atoms with Crippen molar-refractivity contribution < 1.29 is 0 Å². The van der Waals surface area contributed by atoms with E-state index in [0.717, 1.165) is 29.2 Å². The Kier molecular flexibility index (Phi) is 2.52. The van der Waals surface area contributed by atoms with E-state index in [1.807, 2.05) is 31.3 Å². The molecule has 98 valence electrons. The second kappa shape index (κ2) is 4.37. The molecule has 20 heavy (non-hydrogen) atoms. The van der Waals surface area contributed by atoms with Crippen LogP contribution in [-0.4, -0.2) is 22.2 Å². The van der Waals surface area contributed by atoms with Crippen molar-refractivity contribution in [2.45, 2.75) is 19.4 Å². The Bertz CT molecular complexity index is 716. The highest BCUT2D eigenvalue weighted by Crippen LogP contribution is 2.45. The normalized spacial score (nSPS) is 23.1. The van der Waals surface area contributed by atoms with Crippen LogP contribution in [0.1, 0.15) is 17.8 Å². The fraction of sp³-hybridized carbons (Fsp3) is 0.235. The van der Waals surface area contributed by atoms with Crippen LogP contribution in [0.4, 0.5) is 0 Å². The van der Waals surface area contributed by atoms with Crippen LogP contribution < -0.4 is 0 Å². The number of allylic oxidation sites excluding steroid dienone is 1. The summed E-state index contributed by atoms with van der Waals surface area (Å²) >= 11 is 0. The average molecular weight is 261 g/mol. The van der Waals surface area contributed by atoms with E-state index >= 15 is 0 Å². The molecule has 1 aromatic carbocycles. The number of dihydropyridines is 1. The van der Waals surface area contributed by atoms with Gasteiger partial charge in [0, 0.05) is 23.4 Å². The molecule has 0 N–H and O–H groups in total. The van der Waals surface area contributed by atoms with Crippen LogP contribution in [0.2, 0.25) is 0 Å². The molecular weight excluding hydrogens is 246 g/mol. The highest BCUT2D eigenvalue weighted by atomic mass is 14.9. The van der Waals surface area contributed by atoms with E-state index in [2.05, 4.69) is 34.3 Å². The van der Waals surface area contributed by atoms with E-state index in [9.17, 15) is 0 Å². The molecule has 1 aliphatic heterocycles. The lowest BCUT2D eigenvalue weighted by molar-refractivity contribution is 0.970. The summed E-state index contributed by atoms with van der Waals surface area (Å²) in [6.45, 7) is 2.03. The standard InChI is InChI=1S/C17H15N3/c1-11-9-16(13-7-8-18-15-10-14(13)15)20-17(19-11)12-5-3-2-4-6-12/h2-9,14-15H,10H2,1H3. The summed E-state index contributed by atoms with van der Waals surface area (Å²) < 4.78 is 0. The third kappa shape index (κ3) is 1.95. The maximum absolute atomic E-state index is 4.76. The molecule has 2 aromatic rings. The smallest absolute Gasteiger partial charge is 0.159 e. The zero-order valence-electron chi connectivity index (χ0n) is 11.3. The molecule has 0 radical (unpaired) electrons. The Morgan fingerprint density at radius 1 is 1.10 bits per heavy atom. The SMILES string of the molecule is Cc1cc(C2=CC=NC3CC23)nc(-c2ccccc2)n1. The summed E-state index contributed by atoms with van der Waals surface area (Å²) in [5.41, 5.74) is 4.44. The van der Waals surface area contributed by atoms with Gasteiger partial charge in [-0.05, 0) is 31.1 Å². The molecule has 2 unspecified atom stereocenters. The number of aromatic nitrogens is 2. The predicted molar refractivity (Wildman–Crippen MR) is 80.6 cm³/mol. The lowest BCUT2D eigenvalue weighted by Gasteiger charge is -2.10. The van der Waals surface area contributed by atoms with Crippen molar-refractivity contribution in [3.05, 3.63) is 53.9 Å². The van der Waals surface area contributed by atoms with Crippen molar-refractivity contribution in [1.29, 1.82) is 0 Å². The molecule has 1 saturated carbocycles. The second-order valence-electron chi connectivity index (χ2n) is 5.41. The Balaban J connectivity index is 1.80. The molecule has 2 atom stereocenters. The van der Waals surface area contributed by atoms with Crippen LogP contribution in [0.15, 0.2) is 47.5 Å². The lowest BCUT2D eigenvalue weighted by Crippen LogP contribution is -2.02. The van der Waals surface area contributed by atoms with E-state index in [1.165, 1.54) is 5.57 Å². The van der Waals surface area contributed by atoms with Crippen molar-refractivity contribution in [2.24, 2.45) is 10.9 Å². The van der Waals surface area contributed by atoms with E-state index in [4.69, 9.17) is 4.98 Å². The molecule has 0 saturated heterocycles. The molecule has 2 heterocycles. The number of aryl methyl sites for hydroxylation is 1. The summed E-state index contributed by atoms with van der Waals surface area (Å²) in [7, 11) is 0. The monoisotopic (exact) mass is 261 g/mol. The molecule has 1 aromatic heterocycles. The maximum Gasteiger partial charge on any atom is 0.159 e. The van der Waals surface area contributed by atoms with Gasteiger partial charge in [-0.2, -0.15) is 0 Å². The van der Waals surface area contributed by atoms with Gasteiger partial charge in [-0.15, -0.1) is 0 Å². The highest BCUT2D eigenvalue weighted by molar-refractivity contribution is 5.88. The second-order valence-corrected chi connectivity index (χ2v) is 5.41. The van der Waals surface area contributed by atoms with Crippen molar-refractivity contribution in [3.63, 3.8) is 0 Å². The number of fused-ring (bicyclic) bond motifs is 1. The molecule has 4 rings (SSSR count).